The fraction of sp³-hybridized carbons (Fsp3) is 1.00. The molecule has 1 fully saturated rings. The molecule has 1 aliphatic heterocycles. The molecule has 1 rings (SSSR count). The van der Waals surface area contributed by atoms with Crippen LogP contribution in [-0.4, -0.2) is 43.8 Å². The smallest absolute Gasteiger partial charge is 0.152 e. The maximum atomic E-state index is 6.42. The summed E-state index contributed by atoms with van der Waals surface area (Å²) in [5, 5.41) is 0. The van der Waals surface area contributed by atoms with Gasteiger partial charge in [-0.25, -0.2) is 0 Å². The fourth-order valence-electron chi connectivity index (χ4n) is 1.45. The predicted molar refractivity (Wildman–Crippen MR) is 87.6 cm³/mol. The van der Waals surface area contributed by atoms with Crippen LogP contribution in [0.25, 0.3) is 0 Å². The Morgan fingerprint density at radius 2 is 1.36 bits per heavy atom. The number of halogens is 6. The third-order valence-corrected chi connectivity index (χ3v) is 119. The molecule has 0 nitrogen and oxygen atoms in total. The topological polar surface area (TPSA) is 0 Å². The van der Waals surface area contributed by atoms with E-state index in [2.05, 4.69) is 0 Å². The van der Waals surface area contributed by atoms with Crippen LogP contribution < -0.4 is 0 Å². The Labute approximate surface area is 121 Å². The number of hydrogen-bond acceptors (Lipinski definition) is 0. The van der Waals surface area contributed by atoms with E-state index in [1.807, 2.05) is 0 Å². The molecule has 0 aromatic heterocycles. The third kappa shape index (κ3) is 3.08. The van der Waals surface area contributed by atoms with Crippen molar-refractivity contribution in [3.8, 4) is 0 Å². The summed E-state index contributed by atoms with van der Waals surface area (Å²) in [6.45, 7) is 0. The Hall–Kier alpha value is 3.04. The molecule has 0 amide bonds. The van der Waals surface area contributed by atoms with Gasteiger partial charge in [0.05, 0.1) is 9.04 Å². The maximum absolute atomic E-state index is 6.42. The zero-order chi connectivity index (χ0) is 11.0. The van der Waals surface area contributed by atoms with Crippen molar-refractivity contribution in [3.63, 3.8) is 0 Å². The second-order valence-electron chi connectivity index (χ2n) is 3.54. The lowest BCUT2D eigenvalue weighted by molar-refractivity contribution is 1.45. The predicted octanol–water partition coefficient (Wildman–Crippen LogP) is 1.17. The quantitative estimate of drug-likeness (QED) is 0.412. The molecular formula is C2H10Cl6Si6. The molecule has 84 valence electrons. The first-order valence-corrected chi connectivity index (χ1v) is 29.1. The summed E-state index contributed by atoms with van der Waals surface area (Å²) in [7, 11) is -0.930. The molecular weight excluding hydrogens is 405 g/mol. The normalized spacial score (nSPS) is 35.6. The Kier molecular flexibility index (Phi) is 5.77. The fourth-order valence-corrected chi connectivity index (χ4v) is 151. The van der Waals surface area contributed by atoms with Gasteiger partial charge < -0.3 is 0 Å². The Bertz CT molecular complexity index is 196. The standard InChI is InChI=1S/C2H10Cl6Si6/c3-12(4)10-2-1-9-11-13(5,6)14(12,7)8/h1-2,9-11H2. The van der Waals surface area contributed by atoms with Gasteiger partial charge in [0, 0.05) is 17.6 Å². The van der Waals surface area contributed by atoms with Gasteiger partial charge in [-0.2, -0.15) is 44.3 Å². The summed E-state index contributed by atoms with van der Waals surface area (Å²) in [6.07, 6.45) is 0. The van der Waals surface area contributed by atoms with Crippen molar-refractivity contribution in [1.29, 1.82) is 0 Å². The van der Waals surface area contributed by atoms with E-state index in [0.717, 1.165) is 0 Å². The number of hydrogen-bond donors (Lipinski definition) is 0. The molecule has 0 unspecified atom stereocenters. The first-order chi connectivity index (χ1) is 6.21. The van der Waals surface area contributed by atoms with E-state index in [1.165, 1.54) is 12.1 Å². The van der Waals surface area contributed by atoms with E-state index in [1.54, 1.807) is 0 Å². The minimum Gasteiger partial charge on any atom is -0.152 e. The molecule has 0 aromatic rings. The van der Waals surface area contributed by atoms with E-state index in [-0.39, 0.29) is 9.04 Å². The van der Waals surface area contributed by atoms with Gasteiger partial charge in [-0.1, -0.05) is 12.1 Å². The van der Waals surface area contributed by atoms with Crippen LogP contribution in [0, 0.1) is 0 Å². The van der Waals surface area contributed by atoms with Gasteiger partial charge in [-0.15, -0.1) is 22.2 Å². The Balaban J connectivity index is 2.98. The van der Waals surface area contributed by atoms with Gasteiger partial charge in [-0.05, 0) is 0 Å². The molecule has 14 heavy (non-hydrogen) atoms. The van der Waals surface area contributed by atoms with Crippen molar-refractivity contribution in [3.05, 3.63) is 0 Å². The van der Waals surface area contributed by atoms with Gasteiger partial charge in [-0.3, -0.25) is 0 Å². The number of rotatable bonds is 0. The van der Waals surface area contributed by atoms with Crippen LogP contribution in [0.5, 0.6) is 0 Å². The van der Waals surface area contributed by atoms with E-state index >= 15 is 0 Å². The summed E-state index contributed by atoms with van der Waals surface area (Å²) in [5.41, 5.74) is -7.50. The molecule has 0 aliphatic carbocycles. The molecule has 0 radical (unpaired) electrons. The summed E-state index contributed by atoms with van der Waals surface area (Å²) < 4.78 is 0. The SMILES string of the molecule is Cl[Si]1(Cl)[SiH2]CC[SiH2][SiH2][Si](Cl)(Cl)[Si]1(Cl)Cl. The second kappa shape index (κ2) is 5.35. The average Bonchev–Trinajstić information content (AvgIpc) is 2.01. The van der Waals surface area contributed by atoms with Gasteiger partial charge >= 0.3 is 0 Å². The molecule has 12 heteroatoms. The average molecular weight is 415 g/mol. The molecule has 1 heterocycles. The molecule has 0 bridgehead atoms. The van der Waals surface area contributed by atoms with E-state index in [9.17, 15) is 0 Å². The Morgan fingerprint density at radius 3 is 1.93 bits per heavy atom. The maximum Gasteiger partial charge on any atom is 0.288 e. The van der Waals surface area contributed by atoms with Gasteiger partial charge in [0.1, 0.15) is 0 Å². The highest BCUT2D eigenvalue weighted by atomic mass is 35.8. The largest absolute Gasteiger partial charge is 0.288 e. The van der Waals surface area contributed by atoms with Crippen LogP contribution in [0.3, 0.4) is 0 Å². The lowest BCUT2D eigenvalue weighted by Gasteiger charge is -2.37. The van der Waals surface area contributed by atoms with Crippen molar-refractivity contribution in [2.45, 2.75) is 12.1 Å². The van der Waals surface area contributed by atoms with E-state index < -0.39 is 34.8 Å². The highest BCUT2D eigenvalue weighted by Crippen LogP contribution is 2.44. The monoisotopic (exact) mass is 412 g/mol. The van der Waals surface area contributed by atoms with Crippen molar-refractivity contribution < 1.29 is 0 Å². The van der Waals surface area contributed by atoms with Crippen molar-refractivity contribution in [2.75, 3.05) is 0 Å². The summed E-state index contributed by atoms with van der Waals surface area (Å²) in [5.74, 6) is 0. The molecule has 0 saturated carbocycles. The molecule has 0 aromatic carbocycles. The zero-order valence-electron chi connectivity index (χ0n) is 7.30. The summed E-state index contributed by atoms with van der Waals surface area (Å²) in [6, 6.07) is 2.56. The molecule has 1 saturated heterocycles. The zero-order valence-corrected chi connectivity index (χ0v) is 19.1. The van der Waals surface area contributed by atoms with Crippen LogP contribution >= 0.6 is 66.5 Å². The Morgan fingerprint density at radius 1 is 0.786 bits per heavy atom. The minimum atomic E-state index is -2.69. The molecule has 0 spiro atoms. The first kappa shape index (κ1) is 15.1. The highest BCUT2D eigenvalue weighted by molar-refractivity contribution is 8.26. The van der Waals surface area contributed by atoms with Crippen LogP contribution in [-0.2, 0) is 0 Å². The molecule has 0 N–H and O–H groups in total. The lowest BCUT2D eigenvalue weighted by Crippen LogP contribution is -2.69. The van der Waals surface area contributed by atoms with Gasteiger partial charge in [0.25, 0.3) is 17.2 Å². The first-order valence-electron chi connectivity index (χ1n) is 4.34. The minimum absolute atomic E-state index is 0.0279. The summed E-state index contributed by atoms with van der Waals surface area (Å²) >= 11 is 38.5. The van der Waals surface area contributed by atoms with E-state index in [0.29, 0.717) is 0 Å². The van der Waals surface area contributed by atoms with E-state index in [4.69, 9.17) is 66.5 Å². The third-order valence-electron chi connectivity index (χ3n) is 2.40. The van der Waals surface area contributed by atoms with Crippen molar-refractivity contribution in [2.24, 2.45) is 0 Å². The van der Waals surface area contributed by atoms with Crippen LogP contribution in [0.4, 0.5) is 0 Å². The lowest BCUT2D eigenvalue weighted by atomic mass is 11.0. The van der Waals surface area contributed by atoms with Crippen LogP contribution in [0.2, 0.25) is 12.1 Å². The van der Waals surface area contributed by atoms with Gasteiger partial charge in [0.15, 0.2) is 0 Å². The van der Waals surface area contributed by atoms with Crippen molar-refractivity contribution in [1.82, 2.24) is 0 Å². The second-order valence-corrected chi connectivity index (χ2v) is 67.9. The summed E-state index contributed by atoms with van der Waals surface area (Å²) in [4.78, 5) is 0. The van der Waals surface area contributed by atoms with Crippen LogP contribution in [0.1, 0.15) is 0 Å². The van der Waals surface area contributed by atoms with Gasteiger partial charge in [0.2, 0.25) is 0 Å². The molecule has 1 aliphatic rings. The van der Waals surface area contributed by atoms with Crippen LogP contribution in [0.15, 0.2) is 0 Å². The van der Waals surface area contributed by atoms with Crippen molar-refractivity contribution >= 4 is 110 Å². The molecule has 0 atom stereocenters. The highest BCUT2D eigenvalue weighted by Gasteiger charge is 2.66.